The number of unbranched alkanes of at least 4 members (excludes halogenated alkanes) is 5. The highest BCUT2D eigenvalue weighted by Crippen LogP contribution is 2.24. The molecular formula is C21H37NO4. The third-order valence-corrected chi connectivity index (χ3v) is 5.20. The maximum atomic E-state index is 12.8. The van der Waals surface area contributed by atoms with Crippen LogP contribution >= 0.6 is 0 Å². The number of carbonyl (C=O) groups excluding carboxylic acids is 2. The SMILES string of the molecule is CCCCCCCC=C(C)[C@@H](O)[C@@H](C)C(=O)N1CCC[C@H]1C(=O)OCC. The molecule has 0 aliphatic carbocycles. The van der Waals surface area contributed by atoms with Crippen molar-refractivity contribution < 1.29 is 19.4 Å². The third kappa shape index (κ3) is 6.75. The fourth-order valence-corrected chi connectivity index (χ4v) is 3.50. The van der Waals surface area contributed by atoms with E-state index in [1.165, 1.54) is 25.7 Å². The highest BCUT2D eigenvalue weighted by molar-refractivity contribution is 5.86. The van der Waals surface area contributed by atoms with Gasteiger partial charge in [-0.2, -0.15) is 0 Å². The number of ether oxygens (including phenoxy) is 1. The summed E-state index contributed by atoms with van der Waals surface area (Å²) in [6, 6.07) is -0.500. The van der Waals surface area contributed by atoms with Gasteiger partial charge in [-0.25, -0.2) is 4.79 Å². The molecule has 26 heavy (non-hydrogen) atoms. The molecule has 150 valence electrons. The first-order chi connectivity index (χ1) is 12.4. The van der Waals surface area contributed by atoms with Crippen LogP contribution in [0.1, 0.15) is 79.1 Å². The van der Waals surface area contributed by atoms with Crippen molar-refractivity contribution in [2.45, 2.75) is 91.2 Å². The number of aliphatic hydroxyl groups is 1. The largest absolute Gasteiger partial charge is 0.464 e. The van der Waals surface area contributed by atoms with Crippen molar-refractivity contribution in [3.63, 3.8) is 0 Å². The number of carbonyl (C=O) groups is 2. The van der Waals surface area contributed by atoms with Crippen LogP contribution < -0.4 is 0 Å². The van der Waals surface area contributed by atoms with Crippen molar-refractivity contribution in [3.05, 3.63) is 11.6 Å². The summed E-state index contributed by atoms with van der Waals surface area (Å²) in [5, 5.41) is 10.6. The Bertz CT molecular complexity index is 475. The molecule has 1 heterocycles. The Balaban J connectivity index is 2.55. The zero-order valence-corrected chi connectivity index (χ0v) is 17.0. The van der Waals surface area contributed by atoms with E-state index in [2.05, 4.69) is 6.92 Å². The summed E-state index contributed by atoms with van der Waals surface area (Å²) in [6.07, 6.45) is 9.69. The first kappa shape index (κ1) is 22.7. The van der Waals surface area contributed by atoms with Crippen molar-refractivity contribution in [2.75, 3.05) is 13.2 Å². The topological polar surface area (TPSA) is 66.8 Å². The lowest BCUT2D eigenvalue weighted by atomic mass is 9.95. The molecule has 5 nitrogen and oxygen atoms in total. The van der Waals surface area contributed by atoms with Gasteiger partial charge in [0, 0.05) is 6.54 Å². The van der Waals surface area contributed by atoms with E-state index in [-0.39, 0.29) is 11.9 Å². The predicted molar refractivity (Wildman–Crippen MR) is 104 cm³/mol. The van der Waals surface area contributed by atoms with E-state index in [0.29, 0.717) is 19.6 Å². The van der Waals surface area contributed by atoms with E-state index in [0.717, 1.165) is 24.8 Å². The Morgan fingerprint density at radius 3 is 2.58 bits per heavy atom. The van der Waals surface area contributed by atoms with E-state index >= 15 is 0 Å². The molecule has 0 unspecified atom stereocenters. The highest BCUT2D eigenvalue weighted by Gasteiger charge is 2.38. The van der Waals surface area contributed by atoms with Crippen molar-refractivity contribution >= 4 is 11.9 Å². The minimum atomic E-state index is -0.804. The van der Waals surface area contributed by atoms with Gasteiger partial charge in [0.25, 0.3) is 0 Å². The minimum absolute atomic E-state index is 0.163. The average molecular weight is 368 g/mol. The zero-order valence-electron chi connectivity index (χ0n) is 17.0. The van der Waals surface area contributed by atoms with Crippen molar-refractivity contribution in [1.82, 2.24) is 4.90 Å². The van der Waals surface area contributed by atoms with Gasteiger partial charge in [0.2, 0.25) is 5.91 Å². The van der Waals surface area contributed by atoms with Crippen LogP contribution in [0.5, 0.6) is 0 Å². The molecule has 0 aromatic carbocycles. The number of rotatable bonds is 11. The number of nitrogens with zero attached hydrogens (tertiary/aromatic N) is 1. The fraction of sp³-hybridized carbons (Fsp3) is 0.810. The molecule has 3 atom stereocenters. The van der Waals surface area contributed by atoms with Crippen molar-refractivity contribution in [3.8, 4) is 0 Å². The van der Waals surface area contributed by atoms with Crippen LogP contribution in [0.3, 0.4) is 0 Å². The molecule has 0 radical (unpaired) electrons. The smallest absolute Gasteiger partial charge is 0.328 e. The van der Waals surface area contributed by atoms with E-state index in [9.17, 15) is 14.7 Å². The Morgan fingerprint density at radius 1 is 1.23 bits per heavy atom. The molecule has 1 aliphatic rings. The second-order valence-corrected chi connectivity index (χ2v) is 7.33. The Hall–Kier alpha value is -1.36. The molecule has 0 spiro atoms. The lowest BCUT2D eigenvalue weighted by Crippen LogP contribution is -2.46. The fourth-order valence-electron chi connectivity index (χ4n) is 3.50. The highest BCUT2D eigenvalue weighted by atomic mass is 16.5. The molecule has 5 heteroatoms. The summed E-state index contributed by atoms with van der Waals surface area (Å²) in [6.45, 7) is 8.46. The summed E-state index contributed by atoms with van der Waals surface area (Å²) < 4.78 is 5.08. The minimum Gasteiger partial charge on any atom is -0.464 e. The maximum absolute atomic E-state index is 12.8. The number of amides is 1. The third-order valence-electron chi connectivity index (χ3n) is 5.20. The summed E-state index contributed by atoms with van der Waals surface area (Å²) in [4.78, 5) is 26.4. The molecule has 1 N–H and O–H groups in total. The van der Waals surface area contributed by atoms with Gasteiger partial charge in [0.05, 0.1) is 18.6 Å². The molecule has 0 aromatic rings. The van der Waals surface area contributed by atoms with Crippen LogP contribution in [-0.2, 0) is 14.3 Å². The summed E-state index contributed by atoms with van der Waals surface area (Å²) >= 11 is 0. The Kier molecular flexibility index (Phi) is 10.6. The lowest BCUT2D eigenvalue weighted by Gasteiger charge is -2.28. The molecule has 1 rings (SSSR count). The molecule has 1 saturated heterocycles. The normalized spacial score (nSPS) is 20.1. The number of likely N-dealkylation sites (tertiary alicyclic amines) is 1. The predicted octanol–water partition coefficient (Wildman–Crippen LogP) is 3.84. The van der Waals surface area contributed by atoms with Gasteiger partial charge in [0.15, 0.2) is 0 Å². The Labute approximate surface area is 158 Å². The number of allylic oxidation sites excluding steroid dienone is 1. The molecule has 1 aliphatic heterocycles. The molecule has 0 bridgehead atoms. The number of hydrogen-bond donors (Lipinski definition) is 1. The van der Waals surface area contributed by atoms with Crippen LogP contribution in [-0.4, -0.2) is 47.2 Å². The van der Waals surface area contributed by atoms with Crippen LogP contribution in [0.4, 0.5) is 0 Å². The van der Waals surface area contributed by atoms with E-state index in [4.69, 9.17) is 4.74 Å². The van der Waals surface area contributed by atoms with E-state index in [1.807, 2.05) is 13.0 Å². The standard InChI is InChI=1S/C21H37NO4/c1-5-7-8-9-10-11-13-16(3)19(23)17(4)20(24)22-15-12-14-18(22)21(25)26-6-2/h13,17-19,23H,5-12,14-15H2,1-4H3/t17-,18+,19-/m1/s1. The number of aliphatic hydroxyl groups excluding tert-OH is 1. The molecule has 0 saturated carbocycles. The van der Waals surface area contributed by atoms with Crippen LogP contribution in [0.15, 0.2) is 11.6 Å². The quantitative estimate of drug-likeness (QED) is 0.342. The average Bonchev–Trinajstić information content (AvgIpc) is 3.12. The summed E-state index contributed by atoms with van der Waals surface area (Å²) in [5.74, 6) is -1.05. The van der Waals surface area contributed by atoms with E-state index < -0.39 is 18.1 Å². The van der Waals surface area contributed by atoms with Crippen LogP contribution in [0.25, 0.3) is 0 Å². The van der Waals surface area contributed by atoms with Gasteiger partial charge >= 0.3 is 5.97 Å². The first-order valence-electron chi connectivity index (χ1n) is 10.3. The monoisotopic (exact) mass is 367 g/mol. The molecule has 1 fully saturated rings. The summed E-state index contributed by atoms with van der Waals surface area (Å²) in [5.41, 5.74) is 0.841. The lowest BCUT2D eigenvalue weighted by molar-refractivity contribution is -0.155. The molecule has 1 amide bonds. The second kappa shape index (κ2) is 12.1. The second-order valence-electron chi connectivity index (χ2n) is 7.33. The molecular weight excluding hydrogens is 330 g/mol. The zero-order chi connectivity index (χ0) is 19.5. The Morgan fingerprint density at radius 2 is 1.92 bits per heavy atom. The van der Waals surface area contributed by atoms with Crippen molar-refractivity contribution in [2.24, 2.45) is 5.92 Å². The van der Waals surface area contributed by atoms with Crippen molar-refractivity contribution in [1.29, 1.82) is 0 Å². The van der Waals surface area contributed by atoms with Gasteiger partial charge in [-0.1, -0.05) is 45.6 Å². The maximum Gasteiger partial charge on any atom is 0.328 e. The van der Waals surface area contributed by atoms with Gasteiger partial charge in [-0.3, -0.25) is 4.79 Å². The van der Waals surface area contributed by atoms with Crippen LogP contribution in [0, 0.1) is 5.92 Å². The summed E-state index contributed by atoms with van der Waals surface area (Å²) in [7, 11) is 0. The number of hydrogen-bond acceptors (Lipinski definition) is 4. The van der Waals surface area contributed by atoms with Gasteiger partial charge < -0.3 is 14.7 Å². The van der Waals surface area contributed by atoms with Gasteiger partial charge in [-0.05, 0) is 45.1 Å². The van der Waals surface area contributed by atoms with E-state index in [1.54, 1.807) is 18.7 Å². The first-order valence-corrected chi connectivity index (χ1v) is 10.3. The molecule has 0 aromatic heterocycles. The van der Waals surface area contributed by atoms with Gasteiger partial charge in [-0.15, -0.1) is 0 Å². The van der Waals surface area contributed by atoms with Gasteiger partial charge in [0.1, 0.15) is 6.04 Å². The number of esters is 1. The van der Waals surface area contributed by atoms with Crippen LogP contribution in [0.2, 0.25) is 0 Å².